The molecule has 0 aliphatic rings. The lowest BCUT2D eigenvalue weighted by atomic mass is 10.1. The molecule has 0 spiro atoms. The van der Waals surface area contributed by atoms with Crippen LogP contribution in [0.15, 0.2) is 30.5 Å². The SMILES string of the molecule is O=C(O)C(=O)c1cn(CCCCO)c2ccccc12. The number of carboxylic acids is 1. The van der Waals surface area contributed by atoms with Crippen molar-refractivity contribution in [3.63, 3.8) is 0 Å². The van der Waals surface area contributed by atoms with Crippen LogP contribution in [-0.2, 0) is 11.3 Å². The highest BCUT2D eigenvalue weighted by molar-refractivity contribution is 6.42. The van der Waals surface area contributed by atoms with Crippen molar-refractivity contribution in [3.05, 3.63) is 36.0 Å². The van der Waals surface area contributed by atoms with E-state index in [0.29, 0.717) is 18.4 Å². The van der Waals surface area contributed by atoms with E-state index in [1.54, 1.807) is 18.3 Å². The molecule has 0 atom stereocenters. The van der Waals surface area contributed by atoms with Crippen LogP contribution < -0.4 is 0 Å². The molecule has 2 aromatic rings. The molecule has 5 nitrogen and oxygen atoms in total. The van der Waals surface area contributed by atoms with Crippen molar-refractivity contribution in [1.29, 1.82) is 0 Å². The van der Waals surface area contributed by atoms with Crippen LogP contribution >= 0.6 is 0 Å². The van der Waals surface area contributed by atoms with Gasteiger partial charge in [-0.05, 0) is 18.9 Å². The van der Waals surface area contributed by atoms with Gasteiger partial charge in [0.25, 0.3) is 5.78 Å². The maximum atomic E-state index is 11.6. The highest BCUT2D eigenvalue weighted by atomic mass is 16.4. The number of Topliss-reactive ketones (excluding diaryl/α,β-unsaturated/α-hetero) is 1. The fraction of sp³-hybridized carbons (Fsp3) is 0.286. The van der Waals surface area contributed by atoms with E-state index in [9.17, 15) is 9.59 Å². The molecule has 2 rings (SSSR count). The van der Waals surface area contributed by atoms with Crippen molar-refractivity contribution in [1.82, 2.24) is 4.57 Å². The molecule has 0 aliphatic heterocycles. The average Bonchev–Trinajstić information content (AvgIpc) is 2.77. The second-order valence-electron chi connectivity index (χ2n) is 4.32. The largest absolute Gasteiger partial charge is 0.475 e. The standard InChI is InChI=1S/C14H15NO4/c16-8-4-3-7-15-9-11(13(17)14(18)19)10-5-1-2-6-12(10)15/h1-2,5-6,9,16H,3-4,7-8H2,(H,18,19). The van der Waals surface area contributed by atoms with Gasteiger partial charge < -0.3 is 14.8 Å². The van der Waals surface area contributed by atoms with E-state index >= 15 is 0 Å². The van der Waals surface area contributed by atoms with Crippen molar-refractivity contribution in [2.75, 3.05) is 6.61 Å². The Labute approximate surface area is 110 Å². The summed E-state index contributed by atoms with van der Waals surface area (Å²) >= 11 is 0. The molecule has 2 N–H and O–H groups in total. The van der Waals surface area contributed by atoms with Crippen LogP contribution in [0.3, 0.4) is 0 Å². The van der Waals surface area contributed by atoms with Crippen LogP contribution in [0, 0.1) is 0 Å². The Morgan fingerprint density at radius 2 is 1.89 bits per heavy atom. The Balaban J connectivity index is 2.42. The number of unbranched alkanes of at least 4 members (excludes halogenated alkanes) is 1. The van der Waals surface area contributed by atoms with Gasteiger partial charge in [-0.1, -0.05) is 18.2 Å². The van der Waals surface area contributed by atoms with Crippen molar-refractivity contribution in [3.8, 4) is 0 Å². The summed E-state index contributed by atoms with van der Waals surface area (Å²) in [5.74, 6) is -2.34. The van der Waals surface area contributed by atoms with Crippen LogP contribution in [0.1, 0.15) is 23.2 Å². The number of ketones is 1. The highest BCUT2D eigenvalue weighted by Gasteiger charge is 2.20. The van der Waals surface area contributed by atoms with Gasteiger partial charge in [-0.15, -0.1) is 0 Å². The molecule has 100 valence electrons. The zero-order valence-electron chi connectivity index (χ0n) is 10.4. The number of carboxylic acid groups (broad SMARTS) is 1. The zero-order valence-corrected chi connectivity index (χ0v) is 10.4. The number of hydrogen-bond acceptors (Lipinski definition) is 3. The Morgan fingerprint density at radius 1 is 1.16 bits per heavy atom. The molecular weight excluding hydrogens is 246 g/mol. The first kappa shape index (κ1) is 13.3. The quantitative estimate of drug-likeness (QED) is 0.471. The Bertz CT molecular complexity index is 615. The van der Waals surface area contributed by atoms with Gasteiger partial charge in [0.15, 0.2) is 0 Å². The van der Waals surface area contributed by atoms with Gasteiger partial charge in [0.05, 0.1) is 5.56 Å². The van der Waals surface area contributed by atoms with Crippen molar-refractivity contribution in [2.45, 2.75) is 19.4 Å². The second kappa shape index (κ2) is 5.67. The van der Waals surface area contributed by atoms with Crippen LogP contribution in [0.4, 0.5) is 0 Å². The first-order valence-electron chi connectivity index (χ1n) is 6.11. The first-order valence-corrected chi connectivity index (χ1v) is 6.11. The minimum absolute atomic E-state index is 0.125. The topological polar surface area (TPSA) is 79.5 Å². The molecule has 0 aliphatic carbocycles. The molecular formula is C14H15NO4. The van der Waals surface area contributed by atoms with Gasteiger partial charge in [-0.2, -0.15) is 0 Å². The van der Waals surface area contributed by atoms with Gasteiger partial charge >= 0.3 is 5.97 Å². The van der Waals surface area contributed by atoms with Gasteiger partial charge in [0, 0.05) is 30.3 Å². The number of carbonyl (C=O) groups excluding carboxylic acids is 1. The molecule has 0 saturated carbocycles. The monoisotopic (exact) mass is 261 g/mol. The predicted octanol–water partition coefficient (Wildman–Crippen LogP) is 1.68. The number of aliphatic hydroxyl groups excluding tert-OH is 1. The average molecular weight is 261 g/mol. The molecule has 0 amide bonds. The smallest absolute Gasteiger partial charge is 0.377 e. The van der Waals surface area contributed by atoms with E-state index in [0.717, 1.165) is 11.9 Å². The van der Waals surface area contributed by atoms with E-state index in [2.05, 4.69) is 0 Å². The first-order chi connectivity index (χ1) is 9.15. The molecule has 5 heteroatoms. The van der Waals surface area contributed by atoms with Gasteiger partial charge in [-0.3, -0.25) is 4.79 Å². The molecule has 0 saturated heterocycles. The molecule has 0 unspecified atom stereocenters. The number of hydrogen-bond donors (Lipinski definition) is 2. The number of aliphatic hydroxyl groups is 1. The predicted molar refractivity (Wildman–Crippen MR) is 70.2 cm³/mol. The van der Waals surface area contributed by atoms with Crippen LogP contribution in [0.2, 0.25) is 0 Å². The number of aryl methyl sites for hydroxylation is 1. The second-order valence-corrected chi connectivity index (χ2v) is 4.32. The number of aromatic nitrogens is 1. The fourth-order valence-corrected chi connectivity index (χ4v) is 2.12. The summed E-state index contributed by atoms with van der Waals surface area (Å²) in [6.45, 7) is 0.772. The van der Waals surface area contributed by atoms with E-state index in [-0.39, 0.29) is 12.2 Å². The molecule has 1 aromatic heterocycles. The van der Waals surface area contributed by atoms with Gasteiger partial charge in [0.1, 0.15) is 0 Å². The number of benzene rings is 1. The highest BCUT2D eigenvalue weighted by Crippen LogP contribution is 2.22. The number of aliphatic carboxylic acids is 1. The summed E-state index contributed by atoms with van der Waals surface area (Å²) in [5, 5.41) is 18.3. The summed E-state index contributed by atoms with van der Waals surface area (Å²) in [7, 11) is 0. The molecule has 0 radical (unpaired) electrons. The maximum Gasteiger partial charge on any atom is 0.377 e. The Morgan fingerprint density at radius 3 is 2.58 bits per heavy atom. The molecule has 0 fully saturated rings. The lowest BCUT2D eigenvalue weighted by molar-refractivity contribution is -0.131. The van der Waals surface area contributed by atoms with E-state index < -0.39 is 11.8 Å². The molecule has 1 aromatic carbocycles. The number of carbonyl (C=O) groups is 2. The van der Waals surface area contributed by atoms with E-state index in [1.165, 1.54) is 0 Å². The summed E-state index contributed by atoms with van der Waals surface area (Å²) in [6, 6.07) is 7.22. The van der Waals surface area contributed by atoms with Crippen molar-refractivity contribution in [2.24, 2.45) is 0 Å². The Kier molecular flexibility index (Phi) is 3.97. The van der Waals surface area contributed by atoms with Gasteiger partial charge in [-0.25, -0.2) is 4.79 Å². The third-order valence-electron chi connectivity index (χ3n) is 3.03. The number of nitrogens with zero attached hydrogens (tertiary/aromatic N) is 1. The molecule has 19 heavy (non-hydrogen) atoms. The third kappa shape index (κ3) is 2.66. The lowest BCUT2D eigenvalue weighted by Crippen LogP contribution is -2.12. The zero-order chi connectivity index (χ0) is 13.8. The van der Waals surface area contributed by atoms with Crippen LogP contribution in [-0.4, -0.2) is 33.1 Å². The molecule has 1 heterocycles. The summed E-state index contributed by atoms with van der Waals surface area (Å²) in [5.41, 5.74) is 1.05. The summed E-state index contributed by atoms with van der Waals surface area (Å²) in [6.07, 6.45) is 3.03. The normalized spacial score (nSPS) is 10.8. The van der Waals surface area contributed by atoms with Gasteiger partial charge in [0.2, 0.25) is 0 Å². The number of para-hydroxylation sites is 1. The van der Waals surface area contributed by atoms with E-state index in [1.807, 2.05) is 16.7 Å². The Hall–Kier alpha value is -2.14. The number of rotatable bonds is 6. The van der Waals surface area contributed by atoms with Crippen LogP contribution in [0.5, 0.6) is 0 Å². The summed E-state index contributed by atoms with van der Waals surface area (Å²) < 4.78 is 1.86. The summed E-state index contributed by atoms with van der Waals surface area (Å²) in [4.78, 5) is 22.5. The maximum absolute atomic E-state index is 11.6. The van der Waals surface area contributed by atoms with Crippen molar-refractivity contribution >= 4 is 22.7 Å². The lowest BCUT2D eigenvalue weighted by Gasteiger charge is -2.03. The van der Waals surface area contributed by atoms with Crippen LogP contribution in [0.25, 0.3) is 10.9 Å². The fourth-order valence-electron chi connectivity index (χ4n) is 2.12. The third-order valence-corrected chi connectivity index (χ3v) is 3.03. The minimum atomic E-state index is -1.45. The number of fused-ring (bicyclic) bond motifs is 1. The van der Waals surface area contributed by atoms with E-state index in [4.69, 9.17) is 10.2 Å². The van der Waals surface area contributed by atoms with Crippen molar-refractivity contribution < 1.29 is 19.8 Å². The molecule has 0 bridgehead atoms. The minimum Gasteiger partial charge on any atom is -0.475 e.